The third-order valence-electron chi connectivity index (χ3n) is 6.35. The van der Waals surface area contributed by atoms with Gasteiger partial charge in [-0.1, -0.05) is 25.7 Å². The number of aliphatic carboxylic acids is 1. The predicted octanol–water partition coefficient (Wildman–Crippen LogP) is 3.59. The smallest absolute Gasteiger partial charge is 0.306 e. The van der Waals surface area contributed by atoms with Crippen molar-refractivity contribution in [1.82, 2.24) is 4.90 Å². The number of nitrogens with zero attached hydrogens (tertiary/aromatic N) is 1. The molecule has 1 aliphatic rings. The van der Waals surface area contributed by atoms with Crippen molar-refractivity contribution in [2.45, 2.75) is 64.4 Å². The summed E-state index contributed by atoms with van der Waals surface area (Å²) in [5, 5.41) is 22.1. The highest BCUT2D eigenvalue weighted by Crippen LogP contribution is 2.35. The van der Waals surface area contributed by atoms with Crippen LogP contribution in [0, 0.1) is 11.6 Å². The van der Waals surface area contributed by atoms with Gasteiger partial charge in [0, 0.05) is 17.4 Å². The van der Waals surface area contributed by atoms with E-state index in [1.165, 1.54) is 11.8 Å². The Labute approximate surface area is 221 Å². The van der Waals surface area contributed by atoms with Crippen molar-refractivity contribution < 1.29 is 38.1 Å². The molecule has 0 aliphatic carbocycles. The normalized spacial score (nSPS) is 16.8. The Morgan fingerprint density at radius 1 is 1.13 bits per heavy atom. The number of rotatable bonds is 9. The average molecular weight is 549 g/mol. The van der Waals surface area contributed by atoms with Gasteiger partial charge in [-0.25, -0.2) is 8.78 Å². The number of halogens is 2. The second-order valence-electron chi connectivity index (χ2n) is 10.8. The van der Waals surface area contributed by atoms with Crippen molar-refractivity contribution in [2.24, 2.45) is 0 Å². The highest BCUT2D eigenvalue weighted by atomic mass is 28.3. The molecule has 1 heterocycles. The lowest BCUT2D eigenvalue weighted by Gasteiger charge is -2.38. The van der Waals surface area contributed by atoms with Gasteiger partial charge in [0.25, 0.3) is 5.91 Å². The number of anilines is 1. The second-order valence-corrected chi connectivity index (χ2v) is 15.8. The predicted molar refractivity (Wildman–Crippen MR) is 141 cm³/mol. The van der Waals surface area contributed by atoms with Gasteiger partial charge in [-0.2, -0.15) is 0 Å². The number of hydrogen-bond acceptors (Lipinski definition) is 5. The van der Waals surface area contributed by atoms with Gasteiger partial charge in [-0.05, 0) is 55.7 Å². The van der Waals surface area contributed by atoms with Crippen LogP contribution in [-0.2, 0) is 20.8 Å². The number of carbonyl (C=O) groups excluding carboxylic acids is 2. The molecule has 3 rings (SSSR count). The van der Waals surface area contributed by atoms with Gasteiger partial charge in [0.05, 0.1) is 33.1 Å². The number of carboxylic acid groups (broad SMARTS) is 1. The van der Waals surface area contributed by atoms with Crippen LogP contribution in [0.15, 0.2) is 30.3 Å². The molecule has 11 heteroatoms. The molecule has 0 saturated carbocycles. The molecule has 38 heavy (non-hydrogen) atoms. The Hall–Kier alpha value is -3.31. The summed E-state index contributed by atoms with van der Waals surface area (Å²) in [6, 6.07) is 6.07. The number of carbonyl (C=O) groups is 3. The number of aliphatic hydroxyl groups is 1. The van der Waals surface area contributed by atoms with Crippen molar-refractivity contribution in [1.29, 1.82) is 0 Å². The summed E-state index contributed by atoms with van der Waals surface area (Å²) in [4.78, 5) is 39.2. The first-order valence-corrected chi connectivity index (χ1v) is 15.9. The SMILES string of the molecule is CCOc1ccc2c(c1)CCN(C(=O)CC(C)(O)CC(=O)O)[C@H]2C(=O)Nc1cc(F)c([Si](C)(C)C)c(F)c1. The minimum Gasteiger partial charge on any atom is -0.494 e. The van der Waals surface area contributed by atoms with Gasteiger partial charge < -0.3 is 25.2 Å². The first kappa shape index (κ1) is 29.2. The topological polar surface area (TPSA) is 116 Å². The Bertz CT molecular complexity index is 1220. The van der Waals surface area contributed by atoms with E-state index in [1.54, 1.807) is 18.2 Å². The summed E-state index contributed by atoms with van der Waals surface area (Å²) in [6.07, 6.45) is -0.787. The van der Waals surface area contributed by atoms with Crippen LogP contribution in [0.2, 0.25) is 19.6 Å². The number of ether oxygens (including phenoxy) is 1. The zero-order chi connectivity index (χ0) is 28.4. The first-order chi connectivity index (χ1) is 17.6. The van der Waals surface area contributed by atoms with Crippen molar-refractivity contribution in [3.63, 3.8) is 0 Å². The molecule has 2 aromatic carbocycles. The van der Waals surface area contributed by atoms with Gasteiger partial charge >= 0.3 is 5.97 Å². The summed E-state index contributed by atoms with van der Waals surface area (Å²) in [7, 11) is -2.33. The number of benzene rings is 2. The summed E-state index contributed by atoms with van der Waals surface area (Å²) < 4.78 is 35.2. The Balaban J connectivity index is 1.98. The quantitative estimate of drug-likeness (QED) is 0.413. The van der Waals surface area contributed by atoms with Crippen molar-refractivity contribution in [3.8, 4) is 5.75 Å². The molecule has 2 aromatic rings. The number of fused-ring (bicyclic) bond motifs is 1. The largest absolute Gasteiger partial charge is 0.494 e. The zero-order valence-corrected chi connectivity index (χ0v) is 23.2. The monoisotopic (exact) mass is 548 g/mol. The third-order valence-corrected chi connectivity index (χ3v) is 8.32. The molecular formula is C27H34F2N2O6Si. The molecule has 206 valence electrons. The van der Waals surface area contributed by atoms with E-state index in [4.69, 9.17) is 9.84 Å². The van der Waals surface area contributed by atoms with Crippen LogP contribution >= 0.6 is 0 Å². The fourth-order valence-corrected chi connectivity index (χ4v) is 6.38. The highest BCUT2D eigenvalue weighted by Gasteiger charge is 2.39. The van der Waals surface area contributed by atoms with E-state index in [0.29, 0.717) is 24.3 Å². The standard InChI is InChI=1S/C27H34F2N2O6Si/c1-6-37-18-7-8-19-16(11-18)9-10-31(22(32)14-27(2,36)15-23(33)34)24(19)26(35)30-17-12-20(28)25(21(29)13-17)38(3,4)5/h7-8,11-13,24,36H,6,9-10,14-15H2,1-5H3,(H,30,35)(H,33,34)/t24-,27?/m1/s1. The minimum atomic E-state index is -2.33. The third kappa shape index (κ3) is 6.76. The minimum absolute atomic E-state index is 0.0273. The van der Waals surface area contributed by atoms with E-state index in [9.17, 15) is 28.3 Å². The second kappa shape index (κ2) is 11.2. The van der Waals surface area contributed by atoms with Gasteiger partial charge in [-0.3, -0.25) is 14.4 Å². The maximum absolute atomic E-state index is 14.8. The molecule has 8 nitrogen and oxygen atoms in total. The number of carboxylic acids is 1. The van der Waals surface area contributed by atoms with E-state index in [1.807, 2.05) is 26.6 Å². The zero-order valence-electron chi connectivity index (χ0n) is 22.2. The van der Waals surface area contributed by atoms with Crippen molar-refractivity contribution in [2.75, 3.05) is 18.5 Å². The van der Waals surface area contributed by atoms with E-state index in [2.05, 4.69) is 5.32 Å². The van der Waals surface area contributed by atoms with Crippen LogP contribution in [0.4, 0.5) is 14.5 Å². The Kier molecular flexibility index (Phi) is 8.62. The van der Waals surface area contributed by atoms with Gasteiger partial charge in [-0.15, -0.1) is 0 Å². The van der Waals surface area contributed by atoms with Crippen LogP contribution in [0.1, 0.15) is 43.9 Å². The molecule has 0 radical (unpaired) electrons. The maximum Gasteiger partial charge on any atom is 0.306 e. The summed E-state index contributed by atoms with van der Waals surface area (Å²) in [6.45, 7) is 9.06. The summed E-state index contributed by atoms with van der Waals surface area (Å²) in [5.41, 5.74) is -0.649. The van der Waals surface area contributed by atoms with E-state index >= 15 is 0 Å². The maximum atomic E-state index is 14.8. The first-order valence-electron chi connectivity index (χ1n) is 12.4. The summed E-state index contributed by atoms with van der Waals surface area (Å²) >= 11 is 0. The van der Waals surface area contributed by atoms with Crippen molar-refractivity contribution in [3.05, 3.63) is 53.1 Å². The van der Waals surface area contributed by atoms with Gasteiger partial charge in [0.15, 0.2) is 0 Å². The van der Waals surface area contributed by atoms with Crippen LogP contribution in [0.3, 0.4) is 0 Å². The van der Waals surface area contributed by atoms with E-state index < -0.39 is 62.0 Å². The van der Waals surface area contributed by atoms with Crippen molar-refractivity contribution >= 4 is 36.7 Å². The molecule has 0 spiro atoms. The lowest BCUT2D eigenvalue weighted by molar-refractivity contribution is -0.148. The Morgan fingerprint density at radius 3 is 2.32 bits per heavy atom. The lowest BCUT2D eigenvalue weighted by Crippen LogP contribution is -2.48. The fraction of sp³-hybridized carbons (Fsp3) is 0.444. The molecule has 0 aromatic heterocycles. The molecule has 2 atom stereocenters. The van der Waals surface area contributed by atoms with E-state index in [0.717, 1.165) is 17.7 Å². The molecule has 2 amide bonds. The molecular weight excluding hydrogens is 514 g/mol. The summed E-state index contributed by atoms with van der Waals surface area (Å²) in [5.74, 6) is -3.48. The Morgan fingerprint density at radius 2 is 1.76 bits per heavy atom. The van der Waals surface area contributed by atoms with E-state index in [-0.39, 0.29) is 17.4 Å². The highest BCUT2D eigenvalue weighted by molar-refractivity contribution is 6.88. The molecule has 3 N–H and O–H groups in total. The fourth-order valence-electron chi connectivity index (χ4n) is 4.80. The molecule has 1 unspecified atom stereocenters. The van der Waals surface area contributed by atoms with Crippen LogP contribution in [0.5, 0.6) is 5.75 Å². The molecule has 0 fully saturated rings. The van der Waals surface area contributed by atoms with Crippen LogP contribution < -0.4 is 15.2 Å². The average Bonchev–Trinajstić information content (AvgIpc) is 2.75. The molecule has 0 bridgehead atoms. The number of hydrogen-bond donors (Lipinski definition) is 3. The van der Waals surface area contributed by atoms with Crippen LogP contribution in [0.25, 0.3) is 0 Å². The number of nitrogens with one attached hydrogen (secondary N) is 1. The van der Waals surface area contributed by atoms with Crippen LogP contribution in [-0.4, -0.2) is 59.7 Å². The van der Waals surface area contributed by atoms with Gasteiger partial charge in [0.2, 0.25) is 5.91 Å². The number of amides is 2. The molecule has 1 aliphatic heterocycles. The van der Waals surface area contributed by atoms with Gasteiger partial charge in [0.1, 0.15) is 23.4 Å². The lowest BCUT2D eigenvalue weighted by atomic mass is 9.90. The molecule has 0 saturated heterocycles.